The lowest BCUT2D eigenvalue weighted by Crippen LogP contribution is -2.27. The molecular weight excluding hydrogens is 536 g/mol. The van der Waals surface area contributed by atoms with Gasteiger partial charge in [-0.3, -0.25) is 14.5 Å². The number of hydrogen-bond acceptors (Lipinski definition) is 6. The van der Waals surface area contributed by atoms with Crippen molar-refractivity contribution >= 4 is 67.8 Å². The molecule has 0 atom stereocenters. The zero-order valence-electron chi connectivity index (χ0n) is 19.1. The number of carbonyl (C=O) groups is 2. The van der Waals surface area contributed by atoms with Gasteiger partial charge in [0.15, 0.2) is 18.1 Å². The number of rotatable bonds is 9. The molecule has 1 heterocycles. The van der Waals surface area contributed by atoms with Crippen molar-refractivity contribution < 1.29 is 19.1 Å². The fourth-order valence-corrected chi connectivity index (χ4v) is 5.33. The first-order chi connectivity index (χ1) is 16.2. The van der Waals surface area contributed by atoms with Crippen molar-refractivity contribution in [1.82, 2.24) is 4.90 Å². The largest absolute Gasteiger partial charge is 0.490 e. The SMILES string of the molecule is C=CCN1C(=O)/C(=C/c2ccc(OCC(=O)Nc3c(C)cc(Br)cc3C)c(OCC)c2)SC1=S. The first-order valence-corrected chi connectivity index (χ1v) is 12.6. The minimum absolute atomic E-state index is 0.150. The van der Waals surface area contributed by atoms with Crippen molar-refractivity contribution in [3.8, 4) is 11.5 Å². The van der Waals surface area contributed by atoms with Gasteiger partial charge >= 0.3 is 0 Å². The molecule has 0 saturated carbocycles. The second-order valence-corrected chi connectivity index (χ2v) is 10.1. The minimum atomic E-state index is -0.272. The van der Waals surface area contributed by atoms with Crippen LogP contribution in [-0.4, -0.2) is 40.8 Å². The molecule has 0 bridgehead atoms. The van der Waals surface area contributed by atoms with Crippen LogP contribution in [0.15, 0.2) is 52.4 Å². The van der Waals surface area contributed by atoms with Gasteiger partial charge in [0.2, 0.25) is 0 Å². The van der Waals surface area contributed by atoms with Crippen molar-refractivity contribution in [2.75, 3.05) is 25.1 Å². The average molecular weight is 562 g/mol. The number of anilines is 1. The Labute approximate surface area is 217 Å². The fraction of sp³-hybridized carbons (Fsp3) is 0.240. The Hall–Kier alpha value is -2.62. The van der Waals surface area contributed by atoms with E-state index in [2.05, 4.69) is 27.8 Å². The summed E-state index contributed by atoms with van der Waals surface area (Å²) in [6.07, 6.45) is 3.41. The molecule has 1 saturated heterocycles. The van der Waals surface area contributed by atoms with Gasteiger partial charge in [-0.15, -0.1) is 6.58 Å². The molecule has 2 aromatic carbocycles. The summed E-state index contributed by atoms with van der Waals surface area (Å²) in [5.41, 5.74) is 3.45. The van der Waals surface area contributed by atoms with Crippen LogP contribution >= 0.6 is 39.9 Å². The molecule has 0 unspecified atom stereocenters. The normalized spacial score (nSPS) is 14.5. The maximum absolute atomic E-state index is 12.6. The number of halogens is 1. The molecule has 1 fully saturated rings. The molecule has 9 heteroatoms. The molecule has 0 radical (unpaired) electrons. The van der Waals surface area contributed by atoms with E-state index in [1.165, 1.54) is 16.7 Å². The number of hydrogen-bond donors (Lipinski definition) is 1. The number of nitrogens with zero attached hydrogens (tertiary/aromatic N) is 1. The van der Waals surface area contributed by atoms with Crippen LogP contribution in [0.5, 0.6) is 11.5 Å². The number of ether oxygens (including phenoxy) is 2. The van der Waals surface area contributed by atoms with E-state index in [0.29, 0.717) is 33.9 Å². The topological polar surface area (TPSA) is 67.9 Å². The zero-order valence-corrected chi connectivity index (χ0v) is 22.4. The Bertz CT molecular complexity index is 1160. The second kappa shape index (κ2) is 11.7. The van der Waals surface area contributed by atoms with Crippen LogP contribution in [0.1, 0.15) is 23.6 Å². The third kappa shape index (κ3) is 6.28. The molecule has 6 nitrogen and oxygen atoms in total. The van der Waals surface area contributed by atoms with Gasteiger partial charge in [-0.1, -0.05) is 52.1 Å². The van der Waals surface area contributed by atoms with Crippen LogP contribution in [0, 0.1) is 13.8 Å². The van der Waals surface area contributed by atoms with Crippen LogP contribution < -0.4 is 14.8 Å². The zero-order chi connectivity index (χ0) is 24.8. The number of thiocarbonyl (C=S) groups is 1. The van der Waals surface area contributed by atoms with Gasteiger partial charge in [-0.2, -0.15) is 0 Å². The molecule has 0 aromatic heterocycles. The van der Waals surface area contributed by atoms with Crippen molar-refractivity contribution in [3.63, 3.8) is 0 Å². The Morgan fingerprint density at radius 1 is 1.21 bits per heavy atom. The number of amides is 2. The second-order valence-electron chi connectivity index (χ2n) is 7.47. The summed E-state index contributed by atoms with van der Waals surface area (Å²) in [4.78, 5) is 27.1. The van der Waals surface area contributed by atoms with Crippen molar-refractivity contribution in [2.24, 2.45) is 0 Å². The summed E-state index contributed by atoms with van der Waals surface area (Å²) in [7, 11) is 0. The van der Waals surface area contributed by atoms with Gasteiger partial charge in [0.05, 0.1) is 11.5 Å². The highest BCUT2D eigenvalue weighted by Crippen LogP contribution is 2.35. The summed E-state index contributed by atoms with van der Waals surface area (Å²) in [5, 5.41) is 2.91. The van der Waals surface area contributed by atoms with E-state index in [9.17, 15) is 9.59 Å². The third-order valence-corrected chi connectivity index (χ3v) is 6.71. The van der Waals surface area contributed by atoms with E-state index < -0.39 is 0 Å². The summed E-state index contributed by atoms with van der Waals surface area (Å²) >= 11 is 10.00. The minimum Gasteiger partial charge on any atom is -0.490 e. The van der Waals surface area contributed by atoms with Gasteiger partial charge in [0.1, 0.15) is 4.32 Å². The predicted molar refractivity (Wildman–Crippen MR) is 145 cm³/mol. The van der Waals surface area contributed by atoms with Crippen LogP contribution in [0.25, 0.3) is 6.08 Å². The van der Waals surface area contributed by atoms with Crippen LogP contribution in [-0.2, 0) is 9.59 Å². The summed E-state index contributed by atoms with van der Waals surface area (Å²) in [6, 6.07) is 9.20. The lowest BCUT2D eigenvalue weighted by atomic mass is 10.1. The van der Waals surface area contributed by atoms with Crippen molar-refractivity contribution in [1.29, 1.82) is 0 Å². The monoisotopic (exact) mass is 560 g/mol. The van der Waals surface area contributed by atoms with Crippen LogP contribution in [0.2, 0.25) is 0 Å². The summed E-state index contributed by atoms with van der Waals surface area (Å²) in [6.45, 7) is 10.0. The summed E-state index contributed by atoms with van der Waals surface area (Å²) in [5.74, 6) is 0.508. The molecule has 0 spiro atoms. The molecule has 2 aromatic rings. The van der Waals surface area contributed by atoms with Gasteiger partial charge in [-0.05, 0) is 67.8 Å². The Morgan fingerprint density at radius 3 is 2.56 bits per heavy atom. The van der Waals surface area contributed by atoms with E-state index >= 15 is 0 Å². The Kier molecular flexibility index (Phi) is 8.93. The van der Waals surface area contributed by atoms with Crippen molar-refractivity contribution in [2.45, 2.75) is 20.8 Å². The van der Waals surface area contributed by atoms with E-state index in [4.69, 9.17) is 21.7 Å². The van der Waals surface area contributed by atoms with Crippen LogP contribution in [0.4, 0.5) is 5.69 Å². The number of aryl methyl sites for hydroxylation is 2. The third-order valence-electron chi connectivity index (χ3n) is 4.87. The average Bonchev–Trinajstić information content (AvgIpc) is 3.03. The van der Waals surface area contributed by atoms with Gasteiger partial charge in [-0.25, -0.2) is 0 Å². The summed E-state index contributed by atoms with van der Waals surface area (Å²) < 4.78 is 12.9. The highest BCUT2D eigenvalue weighted by Gasteiger charge is 2.31. The van der Waals surface area contributed by atoms with Crippen LogP contribution in [0.3, 0.4) is 0 Å². The van der Waals surface area contributed by atoms with Crippen molar-refractivity contribution in [3.05, 3.63) is 69.1 Å². The van der Waals surface area contributed by atoms with E-state index in [1.807, 2.05) is 32.9 Å². The maximum atomic E-state index is 12.6. The fourth-order valence-electron chi connectivity index (χ4n) is 3.37. The highest BCUT2D eigenvalue weighted by atomic mass is 79.9. The van der Waals surface area contributed by atoms with Gasteiger partial charge in [0.25, 0.3) is 11.8 Å². The first kappa shape index (κ1) is 26.0. The van der Waals surface area contributed by atoms with Gasteiger partial charge < -0.3 is 14.8 Å². The number of benzene rings is 2. The van der Waals surface area contributed by atoms with E-state index in [1.54, 1.807) is 30.4 Å². The lowest BCUT2D eigenvalue weighted by molar-refractivity contribution is -0.121. The molecule has 178 valence electrons. The predicted octanol–water partition coefficient (Wildman–Crippen LogP) is 5.87. The molecule has 1 N–H and O–H groups in total. The smallest absolute Gasteiger partial charge is 0.266 e. The number of nitrogens with one attached hydrogen (secondary N) is 1. The first-order valence-electron chi connectivity index (χ1n) is 10.6. The lowest BCUT2D eigenvalue weighted by Gasteiger charge is -2.15. The molecule has 2 amide bonds. The number of thioether (sulfide) groups is 1. The Morgan fingerprint density at radius 2 is 1.91 bits per heavy atom. The van der Waals surface area contributed by atoms with Gasteiger partial charge in [0, 0.05) is 16.7 Å². The number of carbonyl (C=O) groups excluding carboxylic acids is 2. The molecular formula is C25H25BrN2O4S2. The molecule has 0 aliphatic carbocycles. The highest BCUT2D eigenvalue weighted by molar-refractivity contribution is 9.10. The Balaban J connectivity index is 1.72. The standard InChI is InChI=1S/C25H25BrN2O4S2/c1-5-9-28-24(30)21(34-25(28)33)13-17-7-8-19(20(12-17)31-6-2)32-14-22(29)27-23-15(3)10-18(26)11-16(23)4/h5,7-8,10-13H,1,6,9,14H2,2-4H3,(H,27,29)/b21-13-. The molecule has 1 aliphatic heterocycles. The quantitative estimate of drug-likeness (QED) is 0.235. The molecule has 3 rings (SSSR count). The molecule has 34 heavy (non-hydrogen) atoms. The van der Waals surface area contributed by atoms with E-state index in [-0.39, 0.29) is 18.4 Å². The van der Waals surface area contributed by atoms with E-state index in [0.717, 1.165) is 26.9 Å². The maximum Gasteiger partial charge on any atom is 0.266 e. The molecule has 1 aliphatic rings.